The van der Waals surface area contributed by atoms with E-state index in [4.69, 9.17) is 15.5 Å². The van der Waals surface area contributed by atoms with Crippen LogP contribution in [0.2, 0.25) is 0 Å². The van der Waals surface area contributed by atoms with Gasteiger partial charge < -0.3 is 15.0 Å². The maximum absolute atomic E-state index is 5.73. The SMILES string of the molecule is COc1ccc2c(c1)nc(-c1csc(N)n1)n2C(C)C. The van der Waals surface area contributed by atoms with E-state index in [2.05, 4.69) is 23.4 Å². The van der Waals surface area contributed by atoms with Gasteiger partial charge >= 0.3 is 0 Å². The molecule has 0 aliphatic carbocycles. The van der Waals surface area contributed by atoms with E-state index >= 15 is 0 Å². The molecule has 2 heterocycles. The van der Waals surface area contributed by atoms with Crippen LogP contribution in [0.3, 0.4) is 0 Å². The lowest BCUT2D eigenvalue weighted by molar-refractivity contribution is 0.415. The van der Waals surface area contributed by atoms with Crippen molar-refractivity contribution in [2.75, 3.05) is 12.8 Å². The number of imidazole rings is 1. The highest BCUT2D eigenvalue weighted by Crippen LogP contribution is 2.31. The highest BCUT2D eigenvalue weighted by Gasteiger charge is 2.17. The van der Waals surface area contributed by atoms with E-state index < -0.39 is 0 Å². The first kappa shape index (κ1) is 12.9. The summed E-state index contributed by atoms with van der Waals surface area (Å²) in [6.45, 7) is 4.26. The first-order chi connectivity index (χ1) is 9.60. The van der Waals surface area contributed by atoms with Gasteiger partial charge in [-0.15, -0.1) is 11.3 Å². The Morgan fingerprint density at radius 2 is 2.10 bits per heavy atom. The van der Waals surface area contributed by atoms with E-state index in [1.54, 1.807) is 7.11 Å². The van der Waals surface area contributed by atoms with E-state index in [0.29, 0.717) is 5.13 Å². The summed E-state index contributed by atoms with van der Waals surface area (Å²) in [6, 6.07) is 6.20. The molecule has 0 amide bonds. The first-order valence-corrected chi connectivity index (χ1v) is 7.25. The lowest BCUT2D eigenvalue weighted by Crippen LogP contribution is -2.03. The summed E-state index contributed by atoms with van der Waals surface area (Å²) in [5, 5.41) is 2.49. The first-order valence-electron chi connectivity index (χ1n) is 6.37. The zero-order valence-corrected chi connectivity index (χ0v) is 12.4. The Morgan fingerprint density at radius 3 is 2.70 bits per heavy atom. The Hall–Kier alpha value is -2.08. The van der Waals surface area contributed by atoms with Crippen LogP contribution in [-0.2, 0) is 0 Å². The van der Waals surface area contributed by atoms with Gasteiger partial charge in [-0.3, -0.25) is 0 Å². The molecule has 0 fully saturated rings. The smallest absolute Gasteiger partial charge is 0.180 e. The van der Waals surface area contributed by atoms with Gasteiger partial charge in [-0.2, -0.15) is 0 Å². The summed E-state index contributed by atoms with van der Waals surface area (Å²) in [5.74, 6) is 1.64. The Bertz CT molecular complexity index is 760. The minimum Gasteiger partial charge on any atom is -0.497 e. The highest BCUT2D eigenvalue weighted by molar-refractivity contribution is 7.13. The number of nitrogens with two attached hydrogens (primary N) is 1. The van der Waals surface area contributed by atoms with Gasteiger partial charge in [0.2, 0.25) is 0 Å². The molecule has 0 spiro atoms. The maximum Gasteiger partial charge on any atom is 0.180 e. The van der Waals surface area contributed by atoms with Crippen LogP contribution in [0.1, 0.15) is 19.9 Å². The van der Waals surface area contributed by atoms with Crippen molar-refractivity contribution in [1.29, 1.82) is 0 Å². The van der Waals surface area contributed by atoms with E-state index in [1.165, 1.54) is 11.3 Å². The minimum atomic E-state index is 0.284. The second kappa shape index (κ2) is 4.79. The number of aromatic nitrogens is 3. The standard InChI is InChI=1S/C14H16N4OS/c1-8(2)18-12-5-4-9(19-3)6-10(12)16-13(18)11-7-20-14(15)17-11/h4-8H,1-3H3,(H2,15,17). The molecule has 0 atom stereocenters. The van der Waals surface area contributed by atoms with Crippen molar-refractivity contribution in [1.82, 2.24) is 14.5 Å². The van der Waals surface area contributed by atoms with Crippen LogP contribution < -0.4 is 10.5 Å². The summed E-state index contributed by atoms with van der Waals surface area (Å²) in [6.07, 6.45) is 0. The van der Waals surface area contributed by atoms with Crippen molar-refractivity contribution in [2.45, 2.75) is 19.9 Å². The van der Waals surface area contributed by atoms with Gasteiger partial charge in [-0.1, -0.05) is 0 Å². The Balaban J connectivity index is 2.27. The van der Waals surface area contributed by atoms with Gasteiger partial charge in [0.15, 0.2) is 11.0 Å². The molecule has 6 heteroatoms. The number of hydrogen-bond donors (Lipinski definition) is 1. The molecule has 3 aromatic rings. The molecule has 0 radical (unpaired) electrons. The molecule has 0 bridgehead atoms. The summed E-state index contributed by atoms with van der Waals surface area (Å²) in [5.41, 5.74) is 8.52. The molecule has 2 N–H and O–H groups in total. The van der Waals surface area contributed by atoms with Crippen molar-refractivity contribution in [3.63, 3.8) is 0 Å². The van der Waals surface area contributed by atoms with Gasteiger partial charge in [-0.05, 0) is 26.0 Å². The molecule has 0 aliphatic rings. The summed E-state index contributed by atoms with van der Waals surface area (Å²) >= 11 is 1.43. The van der Waals surface area contributed by atoms with Crippen LogP contribution in [0.5, 0.6) is 5.75 Å². The van der Waals surface area contributed by atoms with E-state index in [1.807, 2.05) is 23.6 Å². The number of fused-ring (bicyclic) bond motifs is 1. The van der Waals surface area contributed by atoms with Crippen molar-refractivity contribution < 1.29 is 4.74 Å². The number of nitrogen functional groups attached to an aromatic ring is 1. The lowest BCUT2D eigenvalue weighted by atomic mass is 10.2. The zero-order chi connectivity index (χ0) is 14.3. The summed E-state index contributed by atoms with van der Waals surface area (Å²) < 4.78 is 7.43. The molecule has 0 unspecified atom stereocenters. The van der Waals surface area contributed by atoms with Gasteiger partial charge in [0.25, 0.3) is 0 Å². The molecule has 0 aliphatic heterocycles. The van der Waals surface area contributed by atoms with Crippen LogP contribution in [0.4, 0.5) is 5.13 Å². The highest BCUT2D eigenvalue weighted by atomic mass is 32.1. The van der Waals surface area contributed by atoms with Crippen LogP contribution >= 0.6 is 11.3 Å². The normalized spacial score (nSPS) is 11.4. The van der Waals surface area contributed by atoms with E-state index in [-0.39, 0.29) is 6.04 Å². The van der Waals surface area contributed by atoms with Gasteiger partial charge in [0, 0.05) is 17.5 Å². The third kappa shape index (κ3) is 2.02. The topological polar surface area (TPSA) is 66.0 Å². The molecule has 1 aromatic carbocycles. The van der Waals surface area contributed by atoms with Gasteiger partial charge in [0.1, 0.15) is 11.4 Å². The maximum atomic E-state index is 5.73. The number of nitrogens with zero attached hydrogens (tertiary/aromatic N) is 3. The summed E-state index contributed by atoms with van der Waals surface area (Å²) in [7, 11) is 1.66. The molecule has 2 aromatic heterocycles. The number of hydrogen-bond acceptors (Lipinski definition) is 5. The molecule has 0 saturated carbocycles. The molecule has 20 heavy (non-hydrogen) atoms. The number of anilines is 1. The average Bonchev–Trinajstić information content (AvgIpc) is 3.00. The largest absolute Gasteiger partial charge is 0.497 e. The number of benzene rings is 1. The Kier molecular flexibility index (Phi) is 3.10. The summed E-state index contributed by atoms with van der Waals surface area (Å²) in [4.78, 5) is 9.04. The number of rotatable bonds is 3. The fourth-order valence-corrected chi connectivity index (χ4v) is 2.84. The number of methoxy groups -OCH3 is 1. The monoisotopic (exact) mass is 288 g/mol. The van der Waals surface area contributed by atoms with Gasteiger partial charge in [-0.25, -0.2) is 9.97 Å². The molecule has 0 saturated heterocycles. The van der Waals surface area contributed by atoms with Crippen molar-refractivity contribution in [3.8, 4) is 17.3 Å². The molecule has 104 valence electrons. The molecule has 5 nitrogen and oxygen atoms in total. The molecule has 3 rings (SSSR count). The second-order valence-electron chi connectivity index (χ2n) is 4.82. The van der Waals surface area contributed by atoms with Crippen LogP contribution in [0, 0.1) is 0 Å². The predicted molar refractivity (Wildman–Crippen MR) is 82.2 cm³/mol. The Morgan fingerprint density at radius 1 is 1.30 bits per heavy atom. The zero-order valence-electron chi connectivity index (χ0n) is 11.6. The fourth-order valence-electron chi connectivity index (χ4n) is 2.30. The minimum absolute atomic E-state index is 0.284. The quantitative estimate of drug-likeness (QED) is 0.802. The van der Waals surface area contributed by atoms with Crippen molar-refractivity contribution in [2.24, 2.45) is 0 Å². The van der Waals surface area contributed by atoms with Gasteiger partial charge in [0.05, 0.1) is 18.1 Å². The number of thiazole rings is 1. The Labute approximate surface area is 121 Å². The molecular weight excluding hydrogens is 272 g/mol. The fraction of sp³-hybridized carbons (Fsp3) is 0.286. The third-order valence-electron chi connectivity index (χ3n) is 3.16. The molecular formula is C14H16N4OS. The van der Waals surface area contributed by atoms with Crippen molar-refractivity contribution in [3.05, 3.63) is 23.6 Å². The van der Waals surface area contributed by atoms with Crippen molar-refractivity contribution >= 4 is 27.5 Å². The van der Waals surface area contributed by atoms with Crippen LogP contribution in [-0.4, -0.2) is 21.6 Å². The lowest BCUT2D eigenvalue weighted by Gasteiger charge is -2.11. The third-order valence-corrected chi connectivity index (χ3v) is 3.84. The predicted octanol–water partition coefficient (Wildman–Crippen LogP) is 3.33. The average molecular weight is 288 g/mol. The van der Waals surface area contributed by atoms with Crippen LogP contribution in [0.15, 0.2) is 23.6 Å². The van der Waals surface area contributed by atoms with E-state index in [9.17, 15) is 0 Å². The number of ether oxygens (including phenoxy) is 1. The second-order valence-corrected chi connectivity index (χ2v) is 5.71. The van der Waals surface area contributed by atoms with E-state index in [0.717, 1.165) is 28.3 Å². The van der Waals surface area contributed by atoms with Crippen LogP contribution in [0.25, 0.3) is 22.6 Å².